The number of aryl methyl sites for hydroxylation is 1. The lowest BCUT2D eigenvalue weighted by Crippen LogP contribution is -2.45. The van der Waals surface area contributed by atoms with Crippen molar-refractivity contribution in [1.82, 2.24) is 4.90 Å². The van der Waals surface area contributed by atoms with E-state index in [1.807, 2.05) is 7.05 Å². The fraction of sp³-hybridized carbons (Fsp3) is 0.600. The van der Waals surface area contributed by atoms with Gasteiger partial charge in [0, 0.05) is 39.9 Å². The molecule has 1 aliphatic heterocycles. The number of nitrogens with zero attached hydrogens (tertiary/aromatic N) is 2. The summed E-state index contributed by atoms with van der Waals surface area (Å²) in [7, 11) is 3.64. The minimum atomic E-state index is -0.457. The second kappa shape index (κ2) is 6.99. The average molecular weight is 284 g/mol. The predicted molar refractivity (Wildman–Crippen MR) is 76.3 cm³/mol. The number of hydrogen-bond acceptors (Lipinski definition) is 3. The van der Waals surface area contributed by atoms with Gasteiger partial charge in [-0.3, -0.25) is 0 Å². The largest absolute Gasteiger partial charge is 0.385 e. The molecule has 5 heteroatoms. The molecule has 2 rings (SSSR count). The van der Waals surface area contributed by atoms with Gasteiger partial charge >= 0.3 is 0 Å². The maximum atomic E-state index is 14.2. The fourth-order valence-electron chi connectivity index (χ4n) is 2.52. The molecule has 0 aliphatic carbocycles. The van der Waals surface area contributed by atoms with Crippen LogP contribution in [-0.2, 0) is 11.2 Å². The molecule has 0 amide bonds. The van der Waals surface area contributed by atoms with Crippen LogP contribution in [0.2, 0.25) is 0 Å². The molecular formula is C15H22F2N2O. The number of rotatable bonds is 5. The molecular weight excluding hydrogens is 262 g/mol. The van der Waals surface area contributed by atoms with Crippen molar-refractivity contribution in [3.63, 3.8) is 0 Å². The van der Waals surface area contributed by atoms with Crippen LogP contribution in [0.25, 0.3) is 0 Å². The van der Waals surface area contributed by atoms with Gasteiger partial charge in [0.25, 0.3) is 0 Å². The Hall–Kier alpha value is -1.20. The van der Waals surface area contributed by atoms with E-state index in [0.717, 1.165) is 19.5 Å². The monoisotopic (exact) mass is 284 g/mol. The highest BCUT2D eigenvalue weighted by molar-refractivity contribution is 5.51. The van der Waals surface area contributed by atoms with Gasteiger partial charge in [0.15, 0.2) is 0 Å². The maximum absolute atomic E-state index is 14.2. The van der Waals surface area contributed by atoms with Gasteiger partial charge in [-0.1, -0.05) is 0 Å². The Kier molecular flexibility index (Phi) is 5.31. The third-order valence-corrected chi connectivity index (χ3v) is 3.71. The first-order chi connectivity index (χ1) is 9.61. The molecule has 0 aromatic heterocycles. The Bertz CT molecular complexity index is 422. The number of hydrogen-bond donors (Lipinski definition) is 0. The van der Waals surface area contributed by atoms with Gasteiger partial charge in [-0.2, -0.15) is 0 Å². The fourth-order valence-corrected chi connectivity index (χ4v) is 2.52. The quantitative estimate of drug-likeness (QED) is 0.772. The molecule has 0 unspecified atom stereocenters. The van der Waals surface area contributed by atoms with Gasteiger partial charge in [0.2, 0.25) is 0 Å². The summed E-state index contributed by atoms with van der Waals surface area (Å²) in [5, 5.41) is 0. The van der Waals surface area contributed by atoms with Crippen molar-refractivity contribution in [3.05, 3.63) is 29.3 Å². The smallest absolute Gasteiger partial charge is 0.149 e. The van der Waals surface area contributed by atoms with Crippen molar-refractivity contribution >= 4 is 5.69 Å². The Morgan fingerprint density at radius 3 is 2.25 bits per heavy atom. The van der Waals surface area contributed by atoms with Crippen LogP contribution in [0, 0.1) is 11.6 Å². The van der Waals surface area contributed by atoms with Crippen molar-refractivity contribution in [1.29, 1.82) is 0 Å². The van der Waals surface area contributed by atoms with E-state index in [4.69, 9.17) is 4.74 Å². The van der Waals surface area contributed by atoms with E-state index in [1.165, 1.54) is 12.1 Å². The zero-order valence-electron chi connectivity index (χ0n) is 12.2. The van der Waals surface area contributed by atoms with E-state index in [-0.39, 0.29) is 5.69 Å². The van der Waals surface area contributed by atoms with Crippen LogP contribution in [-0.4, -0.2) is 51.8 Å². The Labute approximate surface area is 119 Å². The standard InChI is InChI=1S/C15H22F2N2O/c1-18-5-7-19(8-6-18)15-13(16)10-12(11-14(15)17)4-3-9-20-2/h10-11H,3-9H2,1-2H3. The highest BCUT2D eigenvalue weighted by Gasteiger charge is 2.21. The van der Waals surface area contributed by atoms with Crippen LogP contribution in [0.1, 0.15) is 12.0 Å². The van der Waals surface area contributed by atoms with Crippen molar-refractivity contribution in [2.45, 2.75) is 12.8 Å². The van der Waals surface area contributed by atoms with Crippen LogP contribution in [0.4, 0.5) is 14.5 Å². The molecule has 1 aromatic carbocycles. The molecule has 3 nitrogen and oxygen atoms in total. The summed E-state index contributed by atoms with van der Waals surface area (Å²) in [4.78, 5) is 3.95. The van der Waals surface area contributed by atoms with E-state index in [1.54, 1.807) is 12.0 Å². The number of methoxy groups -OCH3 is 1. The van der Waals surface area contributed by atoms with E-state index in [2.05, 4.69) is 4.90 Å². The van der Waals surface area contributed by atoms with Gasteiger partial charge in [-0.25, -0.2) is 8.78 Å². The zero-order chi connectivity index (χ0) is 14.5. The molecule has 0 radical (unpaired) electrons. The average Bonchev–Trinajstić information content (AvgIpc) is 2.40. The number of piperazine rings is 1. The molecule has 1 fully saturated rings. The molecule has 0 bridgehead atoms. The Morgan fingerprint density at radius 2 is 1.70 bits per heavy atom. The Balaban J connectivity index is 2.10. The summed E-state index contributed by atoms with van der Waals surface area (Å²) < 4.78 is 33.3. The first kappa shape index (κ1) is 15.2. The summed E-state index contributed by atoms with van der Waals surface area (Å²) in [6.07, 6.45) is 1.40. The molecule has 1 aromatic rings. The van der Waals surface area contributed by atoms with Crippen LogP contribution < -0.4 is 4.90 Å². The lowest BCUT2D eigenvalue weighted by Gasteiger charge is -2.34. The highest BCUT2D eigenvalue weighted by Crippen LogP contribution is 2.26. The molecule has 0 N–H and O–H groups in total. The van der Waals surface area contributed by atoms with Crippen molar-refractivity contribution in [2.75, 3.05) is 51.8 Å². The van der Waals surface area contributed by atoms with E-state index in [0.29, 0.717) is 31.7 Å². The molecule has 0 spiro atoms. The summed E-state index contributed by atoms with van der Waals surface area (Å²) in [6.45, 7) is 3.58. The summed E-state index contributed by atoms with van der Waals surface area (Å²) >= 11 is 0. The third kappa shape index (κ3) is 3.67. The van der Waals surface area contributed by atoms with Crippen molar-refractivity contribution < 1.29 is 13.5 Å². The highest BCUT2D eigenvalue weighted by atomic mass is 19.1. The number of anilines is 1. The van der Waals surface area contributed by atoms with Gasteiger partial charge in [0.05, 0.1) is 0 Å². The molecule has 0 saturated carbocycles. The molecule has 1 aliphatic rings. The number of benzene rings is 1. The first-order valence-corrected chi connectivity index (χ1v) is 7.02. The topological polar surface area (TPSA) is 15.7 Å². The molecule has 20 heavy (non-hydrogen) atoms. The summed E-state index contributed by atoms with van der Waals surface area (Å²) in [6, 6.07) is 2.90. The van der Waals surface area contributed by atoms with Gasteiger partial charge < -0.3 is 14.5 Å². The predicted octanol–water partition coefficient (Wildman–Crippen LogP) is 2.30. The minimum absolute atomic E-state index is 0.119. The van der Waals surface area contributed by atoms with Crippen LogP contribution in [0.3, 0.4) is 0 Å². The lowest BCUT2D eigenvalue weighted by molar-refractivity contribution is 0.195. The molecule has 112 valence electrons. The molecule has 0 atom stereocenters. The first-order valence-electron chi connectivity index (χ1n) is 7.02. The normalized spacial score (nSPS) is 16.7. The molecule has 1 saturated heterocycles. The maximum Gasteiger partial charge on any atom is 0.149 e. The SMILES string of the molecule is COCCCc1cc(F)c(N2CCN(C)CC2)c(F)c1. The van der Waals surface area contributed by atoms with Crippen LogP contribution >= 0.6 is 0 Å². The lowest BCUT2D eigenvalue weighted by atomic mass is 10.1. The summed E-state index contributed by atoms with van der Waals surface area (Å²) in [5.41, 5.74) is 0.809. The minimum Gasteiger partial charge on any atom is -0.385 e. The van der Waals surface area contributed by atoms with E-state index >= 15 is 0 Å². The zero-order valence-corrected chi connectivity index (χ0v) is 12.2. The Morgan fingerprint density at radius 1 is 1.10 bits per heavy atom. The number of likely N-dealkylation sites (N-methyl/N-ethyl adjacent to an activating group) is 1. The molecule has 1 heterocycles. The van der Waals surface area contributed by atoms with Crippen molar-refractivity contribution in [3.8, 4) is 0 Å². The number of ether oxygens (including phenoxy) is 1. The van der Waals surface area contributed by atoms with Crippen LogP contribution in [0.15, 0.2) is 12.1 Å². The van der Waals surface area contributed by atoms with Crippen LogP contribution in [0.5, 0.6) is 0 Å². The second-order valence-corrected chi connectivity index (χ2v) is 5.29. The second-order valence-electron chi connectivity index (χ2n) is 5.29. The van der Waals surface area contributed by atoms with Crippen molar-refractivity contribution in [2.24, 2.45) is 0 Å². The summed E-state index contributed by atoms with van der Waals surface area (Å²) in [5.74, 6) is -0.913. The number of halogens is 2. The third-order valence-electron chi connectivity index (χ3n) is 3.71. The van der Waals surface area contributed by atoms with Gasteiger partial charge in [0.1, 0.15) is 17.3 Å². The van der Waals surface area contributed by atoms with E-state index in [9.17, 15) is 8.78 Å². The van der Waals surface area contributed by atoms with E-state index < -0.39 is 11.6 Å². The van der Waals surface area contributed by atoms with Gasteiger partial charge in [-0.05, 0) is 37.6 Å². The van der Waals surface area contributed by atoms with Gasteiger partial charge in [-0.15, -0.1) is 0 Å².